The highest BCUT2D eigenvalue weighted by molar-refractivity contribution is 5.96. The molecule has 1 fully saturated rings. The maximum Gasteiger partial charge on any atom is 0.251 e. The molecular formula is C16H26N4O. The van der Waals surface area contributed by atoms with Crippen molar-refractivity contribution < 1.29 is 4.79 Å². The molecule has 0 spiro atoms. The Morgan fingerprint density at radius 2 is 2.29 bits per heavy atom. The third-order valence-corrected chi connectivity index (χ3v) is 4.32. The summed E-state index contributed by atoms with van der Waals surface area (Å²) >= 11 is 0. The van der Waals surface area contributed by atoms with Gasteiger partial charge in [-0.05, 0) is 44.1 Å². The lowest BCUT2D eigenvalue weighted by Crippen LogP contribution is -2.39. The van der Waals surface area contributed by atoms with Crippen molar-refractivity contribution in [1.82, 2.24) is 10.2 Å². The number of carbonyl (C=O) groups is 1. The quantitative estimate of drug-likeness (QED) is 0.808. The zero-order valence-corrected chi connectivity index (χ0v) is 13.2. The Hall–Kier alpha value is -1.75. The van der Waals surface area contributed by atoms with Gasteiger partial charge in [0, 0.05) is 32.2 Å². The van der Waals surface area contributed by atoms with Crippen LogP contribution in [0.3, 0.4) is 0 Å². The fourth-order valence-electron chi connectivity index (χ4n) is 3.12. The minimum absolute atomic E-state index is 0.108. The van der Waals surface area contributed by atoms with E-state index in [2.05, 4.69) is 29.1 Å². The molecular weight excluding hydrogens is 264 g/mol. The number of benzene rings is 1. The Morgan fingerprint density at radius 3 is 2.90 bits per heavy atom. The number of anilines is 2. The topological polar surface area (TPSA) is 61.6 Å². The van der Waals surface area contributed by atoms with Crippen molar-refractivity contribution in [3.8, 4) is 0 Å². The summed E-state index contributed by atoms with van der Waals surface area (Å²) in [5, 5.41) is 2.61. The standard InChI is InChI=1S/C16H26N4O/c1-4-20-9-5-6-13(20)11-19(3)15-8-7-12(10-14(15)17)16(21)18-2/h7-8,10,13H,4-6,9,11,17H2,1-3H3,(H,18,21). The molecule has 0 aliphatic carbocycles. The first kappa shape index (κ1) is 15.6. The highest BCUT2D eigenvalue weighted by atomic mass is 16.1. The first-order valence-electron chi connectivity index (χ1n) is 7.63. The van der Waals surface area contributed by atoms with E-state index in [1.807, 2.05) is 12.1 Å². The molecule has 3 N–H and O–H groups in total. The largest absolute Gasteiger partial charge is 0.397 e. The van der Waals surface area contributed by atoms with Gasteiger partial charge in [-0.25, -0.2) is 0 Å². The Labute approximate surface area is 127 Å². The van der Waals surface area contributed by atoms with Gasteiger partial charge < -0.3 is 16.0 Å². The summed E-state index contributed by atoms with van der Waals surface area (Å²) in [6.45, 7) is 5.48. The van der Waals surface area contributed by atoms with Crippen LogP contribution < -0.4 is 16.0 Å². The van der Waals surface area contributed by atoms with E-state index in [4.69, 9.17) is 5.73 Å². The van der Waals surface area contributed by atoms with Crippen molar-refractivity contribution in [2.45, 2.75) is 25.8 Å². The molecule has 2 rings (SSSR count). The molecule has 1 atom stereocenters. The molecule has 0 bridgehead atoms. The second kappa shape index (κ2) is 6.80. The lowest BCUT2D eigenvalue weighted by atomic mass is 10.1. The second-order valence-electron chi connectivity index (χ2n) is 5.66. The predicted octanol–water partition coefficient (Wildman–Crippen LogP) is 1.55. The summed E-state index contributed by atoms with van der Waals surface area (Å²) in [6, 6.07) is 6.10. The lowest BCUT2D eigenvalue weighted by Gasteiger charge is -2.29. The highest BCUT2D eigenvalue weighted by Gasteiger charge is 2.24. The van der Waals surface area contributed by atoms with E-state index in [1.165, 1.54) is 19.4 Å². The van der Waals surface area contributed by atoms with E-state index in [9.17, 15) is 4.79 Å². The molecule has 1 unspecified atom stereocenters. The molecule has 1 aliphatic rings. The number of nitrogen functional groups attached to an aromatic ring is 1. The van der Waals surface area contributed by atoms with Crippen LogP contribution in [0.1, 0.15) is 30.1 Å². The van der Waals surface area contributed by atoms with E-state index < -0.39 is 0 Å². The lowest BCUT2D eigenvalue weighted by molar-refractivity contribution is 0.0963. The predicted molar refractivity (Wildman–Crippen MR) is 87.8 cm³/mol. The molecule has 0 saturated carbocycles. The molecule has 1 aromatic rings. The Balaban J connectivity index is 2.08. The van der Waals surface area contributed by atoms with Crippen LogP contribution in [0, 0.1) is 0 Å². The number of nitrogens with two attached hydrogens (primary N) is 1. The van der Waals surface area contributed by atoms with Crippen molar-refractivity contribution in [2.24, 2.45) is 0 Å². The van der Waals surface area contributed by atoms with Gasteiger partial charge in [0.25, 0.3) is 5.91 Å². The fourth-order valence-corrected chi connectivity index (χ4v) is 3.12. The maximum atomic E-state index is 11.6. The molecule has 0 aromatic heterocycles. The Kier molecular flexibility index (Phi) is 5.07. The van der Waals surface area contributed by atoms with Gasteiger partial charge in [-0.15, -0.1) is 0 Å². The molecule has 21 heavy (non-hydrogen) atoms. The molecule has 5 heteroatoms. The van der Waals surface area contributed by atoms with Crippen molar-refractivity contribution in [3.63, 3.8) is 0 Å². The summed E-state index contributed by atoms with van der Waals surface area (Å²) in [5.74, 6) is -0.108. The van der Waals surface area contributed by atoms with Crippen LogP contribution in [0.5, 0.6) is 0 Å². The van der Waals surface area contributed by atoms with Gasteiger partial charge in [0.15, 0.2) is 0 Å². The number of nitrogens with zero attached hydrogens (tertiary/aromatic N) is 2. The second-order valence-corrected chi connectivity index (χ2v) is 5.66. The number of amides is 1. The summed E-state index contributed by atoms with van der Waals surface area (Å²) in [7, 11) is 3.69. The molecule has 0 radical (unpaired) electrons. The summed E-state index contributed by atoms with van der Waals surface area (Å²) in [6.07, 6.45) is 2.52. The molecule has 1 saturated heterocycles. The van der Waals surface area contributed by atoms with Crippen molar-refractivity contribution >= 4 is 17.3 Å². The van der Waals surface area contributed by atoms with E-state index >= 15 is 0 Å². The van der Waals surface area contributed by atoms with Crippen LogP contribution in [-0.2, 0) is 0 Å². The number of likely N-dealkylation sites (tertiary alicyclic amines) is 1. The van der Waals surface area contributed by atoms with Crippen LogP contribution in [0.15, 0.2) is 18.2 Å². The zero-order chi connectivity index (χ0) is 15.4. The van der Waals surface area contributed by atoms with Gasteiger partial charge in [-0.2, -0.15) is 0 Å². The van der Waals surface area contributed by atoms with E-state index in [1.54, 1.807) is 13.1 Å². The molecule has 1 heterocycles. The first-order valence-corrected chi connectivity index (χ1v) is 7.63. The van der Waals surface area contributed by atoms with Crippen LogP contribution in [0.4, 0.5) is 11.4 Å². The molecule has 5 nitrogen and oxygen atoms in total. The number of hydrogen-bond donors (Lipinski definition) is 2. The first-order chi connectivity index (χ1) is 10.1. The average Bonchev–Trinajstić information content (AvgIpc) is 2.93. The van der Waals surface area contributed by atoms with Gasteiger partial charge in [0.2, 0.25) is 0 Å². The summed E-state index contributed by atoms with van der Waals surface area (Å²) in [5.41, 5.74) is 8.36. The van der Waals surface area contributed by atoms with Gasteiger partial charge in [-0.1, -0.05) is 6.92 Å². The van der Waals surface area contributed by atoms with Crippen LogP contribution in [0.2, 0.25) is 0 Å². The van der Waals surface area contributed by atoms with Crippen LogP contribution >= 0.6 is 0 Å². The normalized spacial score (nSPS) is 18.7. The van der Waals surface area contributed by atoms with Gasteiger partial charge in [0.1, 0.15) is 0 Å². The Morgan fingerprint density at radius 1 is 1.52 bits per heavy atom. The minimum Gasteiger partial charge on any atom is -0.397 e. The van der Waals surface area contributed by atoms with Gasteiger partial charge in [0.05, 0.1) is 11.4 Å². The third-order valence-electron chi connectivity index (χ3n) is 4.32. The SMILES string of the molecule is CCN1CCCC1CN(C)c1ccc(C(=O)NC)cc1N. The fraction of sp³-hybridized carbons (Fsp3) is 0.562. The average molecular weight is 290 g/mol. The van der Waals surface area contributed by atoms with E-state index in [0.29, 0.717) is 17.3 Å². The number of rotatable bonds is 5. The van der Waals surface area contributed by atoms with E-state index in [-0.39, 0.29) is 5.91 Å². The molecule has 1 amide bonds. The molecule has 116 valence electrons. The smallest absolute Gasteiger partial charge is 0.251 e. The monoisotopic (exact) mass is 290 g/mol. The molecule has 1 aliphatic heterocycles. The van der Waals surface area contributed by atoms with Crippen molar-refractivity contribution in [3.05, 3.63) is 23.8 Å². The number of likely N-dealkylation sites (N-methyl/N-ethyl adjacent to an activating group) is 2. The van der Waals surface area contributed by atoms with Crippen molar-refractivity contribution in [2.75, 3.05) is 44.4 Å². The molecule has 1 aromatic carbocycles. The maximum absolute atomic E-state index is 11.6. The highest BCUT2D eigenvalue weighted by Crippen LogP contribution is 2.26. The Bertz CT molecular complexity index is 503. The summed E-state index contributed by atoms with van der Waals surface area (Å²) < 4.78 is 0. The summed E-state index contributed by atoms with van der Waals surface area (Å²) in [4.78, 5) is 16.3. The van der Waals surface area contributed by atoms with E-state index in [0.717, 1.165) is 18.8 Å². The minimum atomic E-state index is -0.108. The number of hydrogen-bond acceptors (Lipinski definition) is 4. The van der Waals surface area contributed by atoms with Crippen LogP contribution in [-0.4, -0.2) is 50.6 Å². The van der Waals surface area contributed by atoms with Gasteiger partial charge >= 0.3 is 0 Å². The number of carbonyl (C=O) groups excluding carboxylic acids is 1. The third kappa shape index (κ3) is 3.47. The van der Waals surface area contributed by atoms with Crippen LogP contribution in [0.25, 0.3) is 0 Å². The zero-order valence-electron chi connectivity index (χ0n) is 13.2. The van der Waals surface area contributed by atoms with Gasteiger partial charge in [-0.3, -0.25) is 9.69 Å². The number of nitrogens with one attached hydrogen (secondary N) is 1. The van der Waals surface area contributed by atoms with Crippen molar-refractivity contribution in [1.29, 1.82) is 0 Å².